The molecule has 0 aromatic heterocycles. The van der Waals surface area contributed by atoms with Crippen molar-refractivity contribution in [1.82, 2.24) is 0 Å². The second-order valence-corrected chi connectivity index (χ2v) is 4.32. The van der Waals surface area contributed by atoms with Crippen LogP contribution in [0.1, 0.15) is 40.0 Å². The van der Waals surface area contributed by atoms with Gasteiger partial charge in [-0.05, 0) is 38.6 Å². The molecule has 2 nitrogen and oxygen atoms in total. The van der Waals surface area contributed by atoms with Crippen molar-refractivity contribution >= 4 is 0 Å². The summed E-state index contributed by atoms with van der Waals surface area (Å²) in [5, 5.41) is 0. The standard InChI is InChI=1S/C10H21NO/c1-8(2)10(3)6-4-9(12-10)5-7-11/h8-9H,4-7,11H2,1-3H3. The maximum Gasteiger partial charge on any atom is 0.0682 e. The van der Waals surface area contributed by atoms with Crippen LogP contribution in [-0.2, 0) is 4.74 Å². The third-order valence-electron chi connectivity index (χ3n) is 3.11. The molecule has 0 aliphatic carbocycles. The molecule has 2 atom stereocenters. The molecule has 1 fully saturated rings. The number of nitrogens with two attached hydrogens (primary N) is 1. The summed E-state index contributed by atoms with van der Waals surface area (Å²) in [7, 11) is 0. The normalized spacial score (nSPS) is 36.2. The molecule has 72 valence electrons. The summed E-state index contributed by atoms with van der Waals surface area (Å²) in [5.74, 6) is 0.611. The second kappa shape index (κ2) is 3.75. The first-order valence-corrected chi connectivity index (χ1v) is 4.96. The van der Waals surface area contributed by atoms with E-state index in [9.17, 15) is 0 Å². The molecule has 2 unspecified atom stereocenters. The first-order chi connectivity index (χ1) is 5.58. The minimum Gasteiger partial charge on any atom is -0.372 e. The van der Waals surface area contributed by atoms with Crippen molar-refractivity contribution in [3.8, 4) is 0 Å². The summed E-state index contributed by atoms with van der Waals surface area (Å²) in [4.78, 5) is 0. The van der Waals surface area contributed by atoms with E-state index in [-0.39, 0.29) is 5.60 Å². The molecule has 0 saturated carbocycles. The molecule has 0 spiro atoms. The topological polar surface area (TPSA) is 35.2 Å². The van der Waals surface area contributed by atoms with Gasteiger partial charge in [-0.2, -0.15) is 0 Å². The molecule has 2 N–H and O–H groups in total. The highest BCUT2D eigenvalue weighted by Crippen LogP contribution is 2.36. The maximum atomic E-state index is 5.97. The smallest absolute Gasteiger partial charge is 0.0682 e. The Kier molecular flexibility index (Phi) is 3.13. The number of hydrogen-bond acceptors (Lipinski definition) is 2. The first-order valence-electron chi connectivity index (χ1n) is 4.96. The third-order valence-corrected chi connectivity index (χ3v) is 3.11. The van der Waals surface area contributed by atoms with Crippen LogP contribution < -0.4 is 5.73 Å². The average Bonchev–Trinajstić information content (AvgIpc) is 2.34. The molecular formula is C10H21NO. The van der Waals surface area contributed by atoms with Gasteiger partial charge in [-0.25, -0.2) is 0 Å². The van der Waals surface area contributed by atoms with Crippen LogP contribution in [0.3, 0.4) is 0 Å². The van der Waals surface area contributed by atoms with Crippen LogP contribution in [0.5, 0.6) is 0 Å². The van der Waals surface area contributed by atoms with Crippen molar-refractivity contribution in [2.45, 2.75) is 51.7 Å². The molecule has 0 bridgehead atoms. The van der Waals surface area contributed by atoms with Gasteiger partial charge in [-0.15, -0.1) is 0 Å². The van der Waals surface area contributed by atoms with Crippen LogP contribution in [0.25, 0.3) is 0 Å². The van der Waals surface area contributed by atoms with Crippen molar-refractivity contribution in [3.05, 3.63) is 0 Å². The maximum absolute atomic E-state index is 5.97. The number of rotatable bonds is 3. The average molecular weight is 171 g/mol. The van der Waals surface area contributed by atoms with E-state index in [4.69, 9.17) is 10.5 Å². The summed E-state index contributed by atoms with van der Waals surface area (Å²) >= 11 is 0. The van der Waals surface area contributed by atoms with Gasteiger partial charge in [0, 0.05) is 0 Å². The zero-order chi connectivity index (χ0) is 9.19. The first kappa shape index (κ1) is 10.0. The van der Waals surface area contributed by atoms with Crippen molar-refractivity contribution in [2.75, 3.05) is 6.54 Å². The van der Waals surface area contributed by atoms with Crippen LogP contribution in [0.2, 0.25) is 0 Å². The summed E-state index contributed by atoms with van der Waals surface area (Å²) < 4.78 is 5.97. The zero-order valence-corrected chi connectivity index (χ0v) is 8.47. The zero-order valence-electron chi connectivity index (χ0n) is 8.47. The van der Waals surface area contributed by atoms with Crippen LogP contribution in [0, 0.1) is 5.92 Å². The van der Waals surface area contributed by atoms with E-state index in [0.29, 0.717) is 12.0 Å². The van der Waals surface area contributed by atoms with Gasteiger partial charge >= 0.3 is 0 Å². The lowest BCUT2D eigenvalue weighted by Crippen LogP contribution is -2.31. The Hall–Kier alpha value is -0.0800. The molecule has 0 radical (unpaired) electrons. The van der Waals surface area contributed by atoms with E-state index in [1.54, 1.807) is 0 Å². The Bertz CT molecular complexity index is 147. The molecule has 1 heterocycles. The Morgan fingerprint density at radius 3 is 2.67 bits per heavy atom. The minimum absolute atomic E-state index is 0.111. The fraction of sp³-hybridized carbons (Fsp3) is 1.00. The number of hydrogen-bond donors (Lipinski definition) is 1. The fourth-order valence-electron chi connectivity index (χ4n) is 1.76. The lowest BCUT2D eigenvalue weighted by molar-refractivity contribution is -0.0594. The Morgan fingerprint density at radius 2 is 2.25 bits per heavy atom. The van der Waals surface area contributed by atoms with Gasteiger partial charge < -0.3 is 10.5 Å². The summed E-state index contributed by atoms with van der Waals surface area (Å²) in [6.45, 7) is 7.42. The fourth-order valence-corrected chi connectivity index (χ4v) is 1.76. The lowest BCUT2D eigenvalue weighted by Gasteiger charge is -2.29. The Labute approximate surface area is 75.5 Å². The summed E-state index contributed by atoms with van der Waals surface area (Å²) in [6, 6.07) is 0. The van der Waals surface area contributed by atoms with Gasteiger partial charge in [0.15, 0.2) is 0 Å². The van der Waals surface area contributed by atoms with E-state index in [2.05, 4.69) is 20.8 Å². The molecule has 1 aliphatic rings. The molecule has 0 amide bonds. The van der Waals surface area contributed by atoms with Crippen molar-refractivity contribution in [2.24, 2.45) is 11.7 Å². The quantitative estimate of drug-likeness (QED) is 0.704. The molecule has 1 saturated heterocycles. The van der Waals surface area contributed by atoms with Crippen molar-refractivity contribution in [1.29, 1.82) is 0 Å². The SMILES string of the molecule is CC(C)C1(C)CCC(CCN)O1. The molecule has 0 aromatic rings. The predicted molar refractivity (Wildman–Crippen MR) is 51.0 cm³/mol. The molecule has 0 aromatic carbocycles. The summed E-state index contributed by atoms with van der Waals surface area (Å²) in [5.41, 5.74) is 5.60. The van der Waals surface area contributed by atoms with Gasteiger partial charge in [-0.3, -0.25) is 0 Å². The van der Waals surface area contributed by atoms with E-state index < -0.39 is 0 Å². The molecule has 12 heavy (non-hydrogen) atoms. The van der Waals surface area contributed by atoms with Gasteiger partial charge in [0.25, 0.3) is 0 Å². The highest BCUT2D eigenvalue weighted by molar-refractivity contribution is 4.87. The lowest BCUT2D eigenvalue weighted by atomic mass is 9.89. The van der Waals surface area contributed by atoms with E-state index >= 15 is 0 Å². The molecular weight excluding hydrogens is 150 g/mol. The second-order valence-electron chi connectivity index (χ2n) is 4.32. The van der Waals surface area contributed by atoms with E-state index in [1.807, 2.05) is 0 Å². The van der Waals surface area contributed by atoms with Crippen LogP contribution in [-0.4, -0.2) is 18.2 Å². The highest BCUT2D eigenvalue weighted by Gasteiger charge is 2.37. The van der Waals surface area contributed by atoms with Gasteiger partial charge in [0.1, 0.15) is 0 Å². The van der Waals surface area contributed by atoms with Gasteiger partial charge in [0.2, 0.25) is 0 Å². The molecule has 1 rings (SSSR count). The predicted octanol–water partition coefficient (Wildman–Crippen LogP) is 1.93. The Morgan fingerprint density at radius 1 is 1.58 bits per heavy atom. The van der Waals surface area contributed by atoms with Crippen LogP contribution in [0.15, 0.2) is 0 Å². The highest BCUT2D eigenvalue weighted by atomic mass is 16.5. The van der Waals surface area contributed by atoms with Crippen LogP contribution in [0.4, 0.5) is 0 Å². The van der Waals surface area contributed by atoms with Crippen molar-refractivity contribution in [3.63, 3.8) is 0 Å². The third kappa shape index (κ3) is 1.99. The van der Waals surface area contributed by atoms with Gasteiger partial charge in [-0.1, -0.05) is 13.8 Å². The summed E-state index contributed by atoms with van der Waals surface area (Å²) in [6.07, 6.45) is 3.81. The minimum atomic E-state index is 0.111. The molecule has 1 aliphatic heterocycles. The number of ether oxygens (including phenoxy) is 1. The molecule has 2 heteroatoms. The van der Waals surface area contributed by atoms with Gasteiger partial charge in [0.05, 0.1) is 11.7 Å². The van der Waals surface area contributed by atoms with Crippen LogP contribution >= 0.6 is 0 Å². The van der Waals surface area contributed by atoms with E-state index in [0.717, 1.165) is 13.0 Å². The largest absolute Gasteiger partial charge is 0.372 e. The van der Waals surface area contributed by atoms with E-state index in [1.165, 1.54) is 12.8 Å². The Balaban J connectivity index is 2.43. The monoisotopic (exact) mass is 171 g/mol. The van der Waals surface area contributed by atoms with Crippen molar-refractivity contribution < 1.29 is 4.74 Å².